The number of sulfonamides is 1. The number of rotatable bonds is 7. The van der Waals surface area contributed by atoms with Gasteiger partial charge in [-0.3, -0.25) is 0 Å². The maximum atomic E-state index is 11.8. The Bertz CT molecular complexity index is 441. The van der Waals surface area contributed by atoms with Crippen molar-refractivity contribution in [3.05, 3.63) is 17.9 Å². The molecule has 0 saturated carbocycles. The van der Waals surface area contributed by atoms with Crippen molar-refractivity contribution in [2.75, 3.05) is 13.7 Å². The predicted octanol–water partition coefficient (Wildman–Crippen LogP) is 0.0482. The molecule has 0 aliphatic rings. The molecule has 1 heterocycles. The van der Waals surface area contributed by atoms with Crippen molar-refractivity contribution in [1.82, 2.24) is 10.0 Å². The maximum absolute atomic E-state index is 11.8. The Morgan fingerprint density at radius 1 is 1.47 bits per heavy atom. The van der Waals surface area contributed by atoms with Gasteiger partial charge in [0, 0.05) is 12.6 Å². The first kappa shape index (κ1) is 14.2. The molecule has 0 saturated heterocycles. The Hall–Kier alpha value is -0.890. The minimum absolute atomic E-state index is 0.0627. The van der Waals surface area contributed by atoms with Crippen molar-refractivity contribution in [2.24, 2.45) is 0 Å². The summed E-state index contributed by atoms with van der Waals surface area (Å²) in [6.45, 7) is 2.10. The van der Waals surface area contributed by atoms with Crippen LogP contribution < -0.4 is 10.0 Å². The summed E-state index contributed by atoms with van der Waals surface area (Å²) in [5, 5.41) is 11.5. The lowest BCUT2D eigenvalue weighted by atomic mass is 10.3. The Labute approximate surface area is 101 Å². The van der Waals surface area contributed by atoms with E-state index < -0.39 is 10.0 Å². The third kappa shape index (κ3) is 4.12. The van der Waals surface area contributed by atoms with Crippen molar-refractivity contribution in [3.8, 4) is 0 Å². The van der Waals surface area contributed by atoms with Gasteiger partial charge in [-0.2, -0.15) is 0 Å². The van der Waals surface area contributed by atoms with Crippen molar-refractivity contribution in [2.45, 2.75) is 31.0 Å². The first-order chi connectivity index (χ1) is 7.99. The average molecular weight is 262 g/mol. The lowest BCUT2D eigenvalue weighted by Crippen LogP contribution is -2.33. The minimum atomic E-state index is -3.63. The Kier molecular flexibility index (Phi) is 5.13. The predicted molar refractivity (Wildman–Crippen MR) is 63.0 cm³/mol. The Balaban J connectivity index is 2.75. The van der Waals surface area contributed by atoms with Crippen LogP contribution in [-0.4, -0.2) is 33.2 Å². The SMILES string of the molecule is CNCc1ccc(S(=O)(=O)NC(C)CCO)o1. The van der Waals surface area contributed by atoms with E-state index in [9.17, 15) is 8.42 Å². The number of hydrogen-bond acceptors (Lipinski definition) is 5. The molecule has 7 heteroatoms. The monoisotopic (exact) mass is 262 g/mol. The van der Waals surface area contributed by atoms with Gasteiger partial charge in [-0.15, -0.1) is 0 Å². The van der Waals surface area contributed by atoms with Crippen molar-refractivity contribution < 1.29 is 17.9 Å². The summed E-state index contributed by atoms with van der Waals surface area (Å²) in [5.74, 6) is 0.558. The van der Waals surface area contributed by atoms with Gasteiger partial charge in [0.1, 0.15) is 5.76 Å². The lowest BCUT2D eigenvalue weighted by Gasteiger charge is -2.10. The molecule has 6 nitrogen and oxygen atoms in total. The molecular formula is C10H18N2O4S. The van der Waals surface area contributed by atoms with Crippen LogP contribution in [0.1, 0.15) is 19.1 Å². The second-order valence-electron chi connectivity index (χ2n) is 3.79. The molecular weight excluding hydrogens is 244 g/mol. The third-order valence-corrected chi connectivity index (χ3v) is 3.63. The van der Waals surface area contributed by atoms with E-state index in [0.29, 0.717) is 18.7 Å². The number of furan rings is 1. The zero-order chi connectivity index (χ0) is 12.9. The Morgan fingerprint density at radius 2 is 2.18 bits per heavy atom. The topological polar surface area (TPSA) is 91.6 Å². The number of hydrogen-bond donors (Lipinski definition) is 3. The first-order valence-electron chi connectivity index (χ1n) is 5.36. The van der Waals surface area contributed by atoms with Crippen LogP contribution in [0.4, 0.5) is 0 Å². The lowest BCUT2D eigenvalue weighted by molar-refractivity contribution is 0.275. The van der Waals surface area contributed by atoms with Gasteiger partial charge in [0.25, 0.3) is 10.0 Å². The smallest absolute Gasteiger partial charge is 0.274 e. The fraction of sp³-hybridized carbons (Fsp3) is 0.600. The summed E-state index contributed by atoms with van der Waals surface area (Å²) in [4.78, 5) is 0. The van der Waals surface area contributed by atoms with Crippen molar-refractivity contribution in [1.29, 1.82) is 0 Å². The highest BCUT2D eigenvalue weighted by molar-refractivity contribution is 7.89. The van der Waals surface area contributed by atoms with E-state index in [4.69, 9.17) is 9.52 Å². The summed E-state index contributed by atoms with van der Waals surface area (Å²) < 4.78 is 31.3. The number of aliphatic hydroxyl groups is 1. The summed E-state index contributed by atoms with van der Waals surface area (Å²) in [6.07, 6.45) is 0.364. The average Bonchev–Trinajstić information content (AvgIpc) is 2.67. The van der Waals surface area contributed by atoms with Gasteiger partial charge in [-0.1, -0.05) is 0 Å². The van der Waals surface area contributed by atoms with E-state index in [-0.39, 0.29) is 17.7 Å². The quantitative estimate of drug-likeness (QED) is 0.645. The molecule has 1 rings (SSSR count). The van der Waals surface area contributed by atoms with Gasteiger partial charge in [0.2, 0.25) is 5.09 Å². The fourth-order valence-corrected chi connectivity index (χ4v) is 2.58. The molecule has 0 aliphatic heterocycles. The summed E-state index contributed by atoms with van der Waals surface area (Å²) >= 11 is 0. The van der Waals surface area contributed by atoms with Crippen LogP contribution in [-0.2, 0) is 16.6 Å². The van der Waals surface area contributed by atoms with Crippen LogP contribution in [0.15, 0.2) is 21.6 Å². The molecule has 0 aliphatic carbocycles. The van der Waals surface area contributed by atoms with Crippen LogP contribution >= 0.6 is 0 Å². The first-order valence-corrected chi connectivity index (χ1v) is 6.84. The van der Waals surface area contributed by atoms with Crippen molar-refractivity contribution in [3.63, 3.8) is 0 Å². The summed E-state index contributed by atoms with van der Waals surface area (Å²) in [5.41, 5.74) is 0. The minimum Gasteiger partial charge on any atom is -0.447 e. The van der Waals surface area contributed by atoms with Crippen LogP contribution in [0.3, 0.4) is 0 Å². The molecule has 1 unspecified atom stereocenters. The second kappa shape index (κ2) is 6.15. The zero-order valence-corrected chi connectivity index (χ0v) is 10.8. The molecule has 0 radical (unpaired) electrons. The van der Waals surface area contributed by atoms with Gasteiger partial charge in [0.15, 0.2) is 0 Å². The van der Waals surface area contributed by atoms with Gasteiger partial charge < -0.3 is 14.8 Å². The van der Waals surface area contributed by atoms with Crippen LogP contribution in [0.5, 0.6) is 0 Å². The van der Waals surface area contributed by atoms with Crippen LogP contribution in [0, 0.1) is 0 Å². The number of aliphatic hydroxyl groups excluding tert-OH is 1. The van der Waals surface area contributed by atoms with E-state index in [2.05, 4.69) is 10.0 Å². The van der Waals surface area contributed by atoms with Crippen LogP contribution in [0.2, 0.25) is 0 Å². The third-order valence-electron chi connectivity index (χ3n) is 2.17. The van der Waals surface area contributed by atoms with Gasteiger partial charge >= 0.3 is 0 Å². The standard InChI is InChI=1S/C10H18N2O4S/c1-8(5-6-13)12-17(14,15)10-4-3-9(16-10)7-11-2/h3-4,8,11-13H,5-7H2,1-2H3. The van der Waals surface area contributed by atoms with E-state index >= 15 is 0 Å². The molecule has 1 aromatic heterocycles. The molecule has 0 spiro atoms. The highest BCUT2D eigenvalue weighted by atomic mass is 32.2. The molecule has 1 aromatic rings. The summed E-state index contributed by atoms with van der Waals surface area (Å²) in [6, 6.07) is 2.70. The van der Waals surface area contributed by atoms with Gasteiger partial charge in [0.05, 0.1) is 6.54 Å². The maximum Gasteiger partial charge on any atom is 0.274 e. The van der Waals surface area contributed by atoms with E-state index in [1.165, 1.54) is 6.07 Å². The normalized spacial score (nSPS) is 13.8. The fourth-order valence-electron chi connectivity index (χ4n) is 1.35. The largest absolute Gasteiger partial charge is 0.447 e. The van der Waals surface area contributed by atoms with Crippen LogP contribution in [0.25, 0.3) is 0 Å². The second-order valence-corrected chi connectivity index (χ2v) is 5.43. The molecule has 17 heavy (non-hydrogen) atoms. The van der Waals surface area contributed by atoms with E-state index in [1.54, 1.807) is 20.0 Å². The van der Waals surface area contributed by atoms with E-state index in [1.807, 2.05) is 0 Å². The van der Waals surface area contributed by atoms with Gasteiger partial charge in [-0.25, -0.2) is 13.1 Å². The molecule has 98 valence electrons. The molecule has 0 amide bonds. The molecule has 0 bridgehead atoms. The van der Waals surface area contributed by atoms with Crippen molar-refractivity contribution >= 4 is 10.0 Å². The summed E-state index contributed by atoms with van der Waals surface area (Å²) in [7, 11) is -1.89. The highest BCUT2D eigenvalue weighted by Crippen LogP contribution is 2.14. The molecule has 1 atom stereocenters. The van der Waals surface area contributed by atoms with Gasteiger partial charge in [-0.05, 0) is 32.5 Å². The highest BCUT2D eigenvalue weighted by Gasteiger charge is 2.20. The number of nitrogens with one attached hydrogen (secondary N) is 2. The molecule has 0 aromatic carbocycles. The molecule has 3 N–H and O–H groups in total. The molecule has 0 fully saturated rings. The Morgan fingerprint density at radius 3 is 2.76 bits per heavy atom. The zero-order valence-electron chi connectivity index (χ0n) is 9.93. The van der Waals surface area contributed by atoms with E-state index in [0.717, 1.165) is 0 Å².